The maximum Gasteiger partial charge on any atom is 0.416 e. The summed E-state index contributed by atoms with van der Waals surface area (Å²) >= 11 is 0. The number of unbranched alkanes of at least 4 members (excludes halogenated alkanes) is 2. The molecule has 10 rings (SSSR count). The van der Waals surface area contributed by atoms with Gasteiger partial charge in [0.15, 0.2) is 47.7 Å². The molecule has 39 nitrogen and oxygen atoms in total. The van der Waals surface area contributed by atoms with E-state index in [1.54, 1.807) is 26.2 Å². The van der Waals surface area contributed by atoms with Crippen LogP contribution in [-0.2, 0) is 51.2 Å². The van der Waals surface area contributed by atoms with Crippen LogP contribution in [0, 0.1) is 0 Å². The van der Waals surface area contributed by atoms with Crippen molar-refractivity contribution in [2.45, 2.75) is 145 Å². The van der Waals surface area contributed by atoms with Gasteiger partial charge in [0.1, 0.15) is 61.3 Å². The minimum atomic E-state index is -2.06. The molecule has 0 spiro atoms. The molecule has 2 unspecified atom stereocenters. The Kier molecular flexibility index (Phi) is 26.7. The molecule has 39 heteroatoms. The highest BCUT2D eigenvalue weighted by Crippen LogP contribution is 2.45. The molecule has 109 heavy (non-hydrogen) atoms. The molecule has 0 aliphatic carbocycles. The lowest BCUT2D eigenvalue weighted by Gasteiger charge is -2.38. The van der Waals surface area contributed by atoms with E-state index in [4.69, 9.17) is 62.4 Å². The Morgan fingerprint density at radius 3 is 1.38 bits per heavy atom. The molecule has 6 aliphatic rings. The number of benzene rings is 4. The van der Waals surface area contributed by atoms with E-state index in [0.717, 1.165) is 9.80 Å². The quantitative estimate of drug-likeness (QED) is 0.0147. The monoisotopic (exact) mass is 1530 g/mol. The number of rotatable bonds is 31. The first-order valence-corrected chi connectivity index (χ1v) is 34.3. The summed E-state index contributed by atoms with van der Waals surface area (Å²) in [7, 11) is 4.07. The molecule has 0 radical (unpaired) electrons. The van der Waals surface area contributed by atoms with E-state index in [1.165, 1.54) is 91.8 Å². The smallest absolute Gasteiger partial charge is 0.416 e. The Bertz CT molecular complexity index is 4180. The van der Waals surface area contributed by atoms with E-state index in [9.17, 15) is 89.4 Å². The Hall–Kier alpha value is -10.7. The summed E-state index contributed by atoms with van der Waals surface area (Å²) in [5.74, 6) is -6.51. The molecule has 2 saturated heterocycles. The Balaban J connectivity index is 0.824. The number of carboxylic acid groups (broad SMARTS) is 2. The molecular formula is C70H83N9O30. The third kappa shape index (κ3) is 18.1. The normalized spacial score (nSPS) is 24.8. The van der Waals surface area contributed by atoms with Gasteiger partial charge in [0.25, 0.3) is 23.6 Å². The van der Waals surface area contributed by atoms with Gasteiger partial charge in [0.05, 0.1) is 93.0 Å². The highest BCUT2D eigenvalue weighted by molar-refractivity contribution is 6.08. The van der Waals surface area contributed by atoms with Gasteiger partial charge in [0, 0.05) is 56.2 Å². The summed E-state index contributed by atoms with van der Waals surface area (Å²) in [6, 6.07) is 11.0. The zero-order chi connectivity index (χ0) is 78.7. The van der Waals surface area contributed by atoms with Crippen LogP contribution in [0.2, 0.25) is 0 Å². The third-order valence-corrected chi connectivity index (χ3v) is 18.4. The number of carbonyl (C=O) groups is 8. The van der Waals surface area contributed by atoms with Gasteiger partial charge in [-0.15, -0.1) is 0 Å². The average Bonchev–Trinajstić information content (AvgIpc) is 1.62. The van der Waals surface area contributed by atoms with Crippen LogP contribution in [0.1, 0.15) is 98.5 Å². The Morgan fingerprint density at radius 1 is 0.541 bits per heavy atom. The number of anilines is 2. The van der Waals surface area contributed by atoms with E-state index in [2.05, 4.69) is 20.7 Å². The molecule has 4 aromatic rings. The topological polar surface area (TPSA) is 535 Å². The molecule has 6 amide bonds. The lowest BCUT2D eigenvalue weighted by molar-refractivity contribution is -0.271. The number of nitrogens with one attached hydrogen (secondary N) is 2. The highest BCUT2D eigenvalue weighted by atomic mass is 16.7. The Labute approximate surface area is 620 Å². The van der Waals surface area contributed by atoms with Gasteiger partial charge in [0.2, 0.25) is 12.6 Å². The number of hydrogen-bond donors (Lipinski definition) is 12. The maximum absolute atomic E-state index is 14.6. The zero-order valence-corrected chi connectivity index (χ0v) is 59.4. The number of hydrogen-bond acceptors (Lipinski definition) is 29. The van der Waals surface area contributed by atoms with Crippen LogP contribution in [0.5, 0.6) is 34.5 Å². The van der Waals surface area contributed by atoms with Gasteiger partial charge in [-0.1, -0.05) is 28.4 Å². The molecule has 12 N–H and O–H groups in total. The van der Waals surface area contributed by atoms with Crippen LogP contribution in [0.3, 0.4) is 0 Å². The molecule has 4 aromatic carbocycles. The second-order valence-corrected chi connectivity index (χ2v) is 25.8. The fourth-order valence-corrected chi connectivity index (χ4v) is 12.8. The van der Waals surface area contributed by atoms with Crippen molar-refractivity contribution in [2.75, 3.05) is 83.8 Å². The number of methoxy groups -OCH3 is 3. The van der Waals surface area contributed by atoms with E-state index in [-0.39, 0.29) is 145 Å². The van der Waals surface area contributed by atoms with E-state index < -0.39 is 147 Å². The predicted molar refractivity (Wildman–Crippen MR) is 369 cm³/mol. The number of amides is 6. The van der Waals surface area contributed by atoms with Gasteiger partial charge in [-0.3, -0.25) is 19.2 Å². The summed E-state index contributed by atoms with van der Waals surface area (Å²) in [5, 5.41) is 115. The highest BCUT2D eigenvalue weighted by Gasteiger charge is 2.51. The molecule has 588 valence electrons. The SMILES string of the molecule is COCCNC(=O)c1cc(COC(=O)N2c3cc(OCCCCCOc4cc5c(cc4OC)C(=O)N4C=C(C)C[C@H]4C(O)N5C(=O)OCc4ccc(O[C@@H]5O[C@H](C(=O)O)[C@@H](O)[C@H](O)[C@H]5O)c(C(=O)NCCOCCN=[N+]=[N-])c4)c(OC)cc3C(=O)N3C=C(C)C[C@H]3C2O)ccc1O[C@@H]1O[C@H](C(=O)O)[C@@H](O)[C@H](O)[C@H]1O. The lowest BCUT2D eigenvalue weighted by Crippen LogP contribution is -2.61. The van der Waals surface area contributed by atoms with Crippen LogP contribution in [0.25, 0.3) is 10.4 Å². The summed E-state index contributed by atoms with van der Waals surface area (Å²) in [5.41, 5.74) is 9.33. The molecule has 0 aromatic heterocycles. The number of carbonyl (C=O) groups excluding carboxylic acids is 6. The molecule has 6 aliphatic heterocycles. The minimum Gasteiger partial charge on any atom is -0.493 e. The Morgan fingerprint density at radius 2 is 0.972 bits per heavy atom. The maximum atomic E-state index is 14.6. The van der Waals surface area contributed by atoms with Gasteiger partial charge >= 0.3 is 24.1 Å². The van der Waals surface area contributed by atoms with Crippen molar-refractivity contribution in [3.8, 4) is 34.5 Å². The summed E-state index contributed by atoms with van der Waals surface area (Å²) < 4.78 is 68.0. The number of aliphatic carboxylic acids is 2. The van der Waals surface area contributed by atoms with Crippen LogP contribution in [0.15, 0.2) is 89.3 Å². The number of fused-ring (bicyclic) bond motifs is 4. The summed E-state index contributed by atoms with van der Waals surface area (Å²) in [6.07, 6.45) is -21.3. The zero-order valence-electron chi connectivity index (χ0n) is 59.4. The van der Waals surface area contributed by atoms with Crippen LogP contribution in [-0.4, -0.2) is 269 Å². The second-order valence-electron chi connectivity index (χ2n) is 25.8. The molecule has 14 atom stereocenters. The number of azide groups is 1. The lowest BCUT2D eigenvalue weighted by atomic mass is 9.99. The van der Waals surface area contributed by atoms with Gasteiger partial charge in [-0.05, 0) is 99.0 Å². The minimum absolute atomic E-state index is 0.00176. The first kappa shape index (κ1) is 80.9. The second kappa shape index (κ2) is 36.0. The summed E-state index contributed by atoms with van der Waals surface area (Å²) in [6.45, 7) is 2.32. The van der Waals surface area contributed by atoms with Crippen molar-refractivity contribution < 1.29 is 146 Å². The standard InChI is InChI=1S/C70H83N9O30/c1-33-21-43-63(90)78(69(96)104-31-35-9-11-45(39(23-35)59(86)72-13-18-98-3)106-67-55(84)51(80)53(82)57(108-67)65(92)93)41-27-49(47(99-4)25-37(41)61(88)76(43)29-33)102-16-7-6-8-17-103-50-28-42-38(26-48(50)100-5)62(89)77-30-34(2)22-44(77)64(91)79(42)70(97)105-32-36-10-12-46(40(24-36)60(87)73-14-19-101-20-15-74-75-71)107-68-56(85)52(81)54(83)58(109-68)66(94)95/h9-12,23-30,43-44,51-58,63-64,67-68,80-85,90-91H,6-8,13-22,31-32H2,1-5H3,(H,72,86)(H,73,87)(H,92,93)(H,94,95)/t43-,44-,51-,52-,53-,54-,55+,56+,57-,58-,63?,64?,67+,68+/m0/s1. The van der Waals surface area contributed by atoms with Crippen molar-refractivity contribution in [3.63, 3.8) is 0 Å². The number of ether oxygens (including phenoxy) is 12. The van der Waals surface area contributed by atoms with Gasteiger partial charge in [-0.25, -0.2) is 29.0 Å². The van der Waals surface area contributed by atoms with Gasteiger partial charge in [-0.2, -0.15) is 0 Å². The molecule has 0 saturated carbocycles. The fourth-order valence-electron chi connectivity index (χ4n) is 12.8. The van der Waals surface area contributed by atoms with Crippen LogP contribution >= 0.6 is 0 Å². The van der Waals surface area contributed by atoms with Crippen molar-refractivity contribution in [2.24, 2.45) is 5.11 Å². The molecule has 6 heterocycles. The largest absolute Gasteiger partial charge is 0.493 e. The van der Waals surface area contributed by atoms with Crippen molar-refractivity contribution in [1.29, 1.82) is 0 Å². The van der Waals surface area contributed by atoms with Gasteiger partial charge < -0.3 is 128 Å². The number of aliphatic hydroxyl groups is 8. The van der Waals surface area contributed by atoms with Crippen molar-refractivity contribution in [3.05, 3.63) is 128 Å². The number of nitrogens with zero attached hydrogens (tertiary/aromatic N) is 7. The number of carboxylic acids is 2. The first-order chi connectivity index (χ1) is 52.2. The van der Waals surface area contributed by atoms with Crippen molar-refractivity contribution in [1.82, 2.24) is 20.4 Å². The third-order valence-electron chi connectivity index (χ3n) is 18.4. The average molecular weight is 1530 g/mol. The van der Waals surface area contributed by atoms with E-state index in [1.807, 2.05) is 0 Å². The van der Waals surface area contributed by atoms with Crippen molar-refractivity contribution >= 4 is 59.1 Å². The predicted octanol–water partition coefficient (Wildman–Crippen LogP) is 1.49. The first-order valence-electron chi connectivity index (χ1n) is 34.3. The number of aliphatic hydroxyl groups excluding tert-OH is 8. The molecule has 2 fully saturated rings. The van der Waals surface area contributed by atoms with Crippen LogP contribution in [0.4, 0.5) is 21.0 Å². The molecular weight excluding hydrogens is 1450 g/mol. The van der Waals surface area contributed by atoms with E-state index >= 15 is 0 Å². The van der Waals surface area contributed by atoms with E-state index in [0.29, 0.717) is 30.4 Å². The molecule has 0 bridgehead atoms. The summed E-state index contributed by atoms with van der Waals surface area (Å²) in [4.78, 5) is 116. The fraction of sp³-hybridized carbons (Fsp3) is 0.486. The van der Waals surface area contributed by atoms with Crippen LogP contribution < -0.4 is 48.9 Å².